The zero-order valence-electron chi connectivity index (χ0n) is 13.6. The first kappa shape index (κ1) is 18.2. The van der Waals surface area contributed by atoms with Crippen molar-refractivity contribution in [3.05, 3.63) is 83.3 Å². The van der Waals surface area contributed by atoms with Crippen molar-refractivity contribution in [2.75, 3.05) is 10.6 Å². The van der Waals surface area contributed by atoms with Gasteiger partial charge in [-0.25, -0.2) is 0 Å². The Morgan fingerprint density at radius 1 is 0.769 bits per heavy atom. The van der Waals surface area contributed by atoms with E-state index in [1.54, 1.807) is 24.3 Å². The number of rotatable bonds is 4. The SMILES string of the molecule is O=C(Nc1cccc(Br)c1)C(=O)Nc1ccccc1Sc1ccccc1. The van der Waals surface area contributed by atoms with Crippen LogP contribution in [0.4, 0.5) is 11.4 Å². The van der Waals surface area contributed by atoms with Crippen LogP contribution in [0.25, 0.3) is 0 Å². The molecule has 0 atom stereocenters. The molecule has 0 radical (unpaired) electrons. The Hall–Kier alpha value is -2.57. The first-order valence-electron chi connectivity index (χ1n) is 7.81. The van der Waals surface area contributed by atoms with E-state index in [-0.39, 0.29) is 0 Å². The van der Waals surface area contributed by atoms with Crippen molar-refractivity contribution in [2.24, 2.45) is 0 Å². The molecule has 3 aromatic carbocycles. The average molecular weight is 427 g/mol. The zero-order valence-corrected chi connectivity index (χ0v) is 16.0. The molecule has 3 aromatic rings. The molecule has 26 heavy (non-hydrogen) atoms. The summed E-state index contributed by atoms with van der Waals surface area (Å²) in [7, 11) is 0. The van der Waals surface area contributed by atoms with E-state index >= 15 is 0 Å². The number of amides is 2. The minimum atomic E-state index is -0.720. The third-order valence-electron chi connectivity index (χ3n) is 3.39. The molecule has 0 heterocycles. The lowest BCUT2D eigenvalue weighted by molar-refractivity contribution is -0.133. The topological polar surface area (TPSA) is 58.2 Å². The van der Waals surface area contributed by atoms with Crippen LogP contribution in [0.1, 0.15) is 0 Å². The summed E-state index contributed by atoms with van der Waals surface area (Å²) >= 11 is 4.85. The van der Waals surface area contributed by atoms with Crippen LogP contribution < -0.4 is 10.6 Å². The molecule has 0 saturated carbocycles. The Labute approximate surface area is 164 Å². The molecule has 0 bridgehead atoms. The van der Waals surface area contributed by atoms with E-state index < -0.39 is 11.8 Å². The summed E-state index contributed by atoms with van der Waals surface area (Å²) in [6, 6.07) is 24.3. The van der Waals surface area contributed by atoms with E-state index in [1.807, 2.05) is 54.6 Å². The van der Waals surface area contributed by atoms with Crippen molar-refractivity contribution >= 4 is 50.9 Å². The number of hydrogen-bond acceptors (Lipinski definition) is 3. The smallest absolute Gasteiger partial charge is 0.314 e. The van der Waals surface area contributed by atoms with Gasteiger partial charge in [-0.15, -0.1) is 0 Å². The van der Waals surface area contributed by atoms with Gasteiger partial charge in [0.2, 0.25) is 0 Å². The third-order valence-corrected chi connectivity index (χ3v) is 4.97. The molecular weight excluding hydrogens is 412 g/mol. The Morgan fingerprint density at radius 3 is 2.23 bits per heavy atom. The van der Waals surface area contributed by atoms with Crippen LogP contribution in [-0.4, -0.2) is 11.8 Å². The summed E-state index contributed by atoms with van der Waals surface area (Å²) in [5, 5.41) is 5.27. The molecule has 0 aliphatic heterocycles. The molecule has 0 saturated heterocycles. The van der Waals surface area contributed by atoms with E-state index in [0.717, 1.165) is 14.3 Å². The van der Waals surface area contributed by atoms with Gasteiger partial charge in [-0.1, -0.05) is 64.1 Å². The van der Waals surface area contributed by atoms with E-state index in [0.29, 0.717) is 11.4 Å². The Kier molecular flexibility index (Phi) is 6.09. The van der Waals surface area contributed by atoms with Crippen molar-refractivity contribution in [2.45, 2.75) is 9.79 Å². The van der Waals surface area contributed by atoms with Gasteiger partial charge in [0, 0.05) is 20.0 Å². The van der Waals surface area contributed by atoms with Gasteiger partial charge in [-0.05, 0) is 42.5 Å². The number of carbonyl (C=O) groups is 2. The van der Waals surface area contributed by atoms with Crippen molar-refractivity contribution in [1.82, 2.24) is 0 Å². The molecule has 0 aliphatic rings. The van der Waals surface area contributed by atoms with Gasteiger partial charge in [0.05, 0.1) is 5.69 Å². The van der Waals surface area contributed by atoms with Crippen LogP contribution in [0.15, 0.2) is 93.1 Å². The number of anilines is 2. The van der Waals surface area contributed by atoms with Crippen LogP contribution in [0.3, 0.4) is 0 Å². The first-order chi connectivity index (χ1) is 12.6. The molecule has 0 aromatic heterocycles. The lowest BCUT2D eigenvalue weighted by Gasteiger charge is -2.11. The molecule has 6 heteroatoms. The van der Waals surface area contributed by atoms with Gasteiger partial charge in [-0.2, -0.15) is 0 Å². The number of halogens is 1. The summed E-state index contributed by atoms with van der Waals surface area (Å²) < 4.78 is 0.820. The summed E-state index contributed by atoms with van der Waals surface area (Å²) in [4.78, 5) is 26.3. The predicted octanol–water partition coefficient (Wildman–Crippen LogP) is 5.18. The molecular formula is C20H15BrN2O2S. The molecule has 0 spiro atoms. The summed E-state index contributed by atoms with van der Waals surface area (Å²) in [5.41, 5.74) is 1.14. The summed E-state index contributed by atoms with van der Waals surface area (Å²) in [6.45, 7) is 0. The molecule has 0 fully saturated rings. The highest BCUT2D eigenvalue weighted by Crippen LogP contribution is 2.33. The van der Waals surface area contributed by atoms with Gasteiger partial charge in [-0.3, -0.25) is 9.59 Å². The van der Waals surface area contributed by atoms with Crippen LogP contribution in [-0.2, 0) is 9.59 Å². The monoisotopic (exact) mass is 426 g/mol. The van der Waals surface area contributed by atoms with Crippen molar-refractivity contribution in [3.63, 3.8) is 0 Å². The molecule has 2 N–H and O–H groups in total. The maximum atomic E-state index is 12.3. The highest BCUT2D eigenvalue weighted by molar-refractivity contribution is 9.10. The lowest BCUT2D eigenvalue weighted by Crippen LogP contribution is -2.29. The van der Waals surface area contributed by atoms with Crippen LogP contribution in [0.2, 0.25) is 0 Å². The normalized spacial score (nSPS) is 10.2. The fraction of sp³-hybridized carbons (Fsp3) is 0. The van der Waals surface area contributed by atoms with E-state index in [2.05, 4.69) is 26.6 Å². The van der Waals surface area contributed by atoms with Gasteiger partial charge in [0.15, 0.2) is 0 Å². The fourth-order valence-electron chi connectivity index (χ4n) is 2.21. The van der Waals surface area contributed by atoms with Crippen LogP contribution in [0, 0.1) is 0 Å². The molecule has 0 unspecified atom stereocenters. The van der Waals surface area contributed by atoms with Gasteiger partial charge >= 0.3 is 11.8 Å². The largest absolute Gasteiger partial charge is 0.318 e. The standard InChI is InChI=1S/C20H15BrN2O2S/c21-14-7-6-8-15(13-14)22-19(24)20(25)23-17-11-4-5-12-18(17)26-16-9-2-1-3-10-16/h1-13H,(H,22,24)(H,23,25). The molecule has 4 nitrogen and oxygen atoms in total. The minimum Gasteiger partial charge on any atom is -0.318 e. The fourth-order valence-corrected chi connectivity index (χ4v) is 3.53. The van der Waals surface area contributed by atoms with Gasteiger partial charge in [0.1, 0.15) is 0 Å². The first-order valence-corrected chi connectivity index (χ1v) is 9.42. The second-order valence-electron chi connectivity index (χ2n) is 5.33. The molecule has 3 rings (SSSR count). The quantitative estimate of drug-likeness (QED) is 0.565. The summed E-state index contributed by atoms with van der Waals surface area (Å²) in [6.07, 6.45) is 0. The van der Waals surface area contributed by atoms with E-state index in [1.165, 1.54) is 11.8 Å². The maximum absolute atomic E-state index is 12.3. The highest BCUT2D eigenvalue weighted by atomic mass is 79.9. The Balaban J connectivity index is 1.70. The summed E-state index contributed by atoms with van der Waals surface area (Å²) in [5.74, 6) is -1.44. The molecule has 130 valence electrons. The van der Waals surface area contributed by atoms with Crippen molar-refractivity contribution < 1.29 is 9.59 Å². The number of para-hydroxylation sites is 1. The Bertz CT molecular complexity index is 932. The minimum absolute atomic E-state index is 0.548. The van der Waals surface area contributed by atoms with Crippen molar-refractivity contribution in [3.8, 4) is 0 Å². The van der Waals surface area contributed by atoms with Gasteiger partial charge < -0.3 is 10.6 Å². The Morgan fingerprint density at radius 2 is 1.46 bits per heavy atom. The maximum Gasteiger partial charge on any atom is 0.314 e. The zero-order chi connectivity index (χ0) is 18.4. The second-order valence-corrected chi connectivity index (χ2v) is 7.36. The van der Waals surface area contributed by atoms with Crippen LogP contribution in [0.5, 0.6) is 0 Å². The average Bonchev–Trinajstić information content (AvgIpc) is 2.64. The van der Waals surface area contributed by atoms with E-state index in [4.69, 9.17) is 0 Å². The number of carbonyl (C=O) groups excluding carboxylic acids is 2. The predicted molar refractivity (Wildman–Crippen MR) is 108 cm³/mol. The van der Waals surface area contributed by atoms with Crippen LogP contribution >= 0.6 is 27.7 Å². The van der Waals surface area contributed by atoms with Gasteiger partial charge in [0.25, 0.3) is 0 Å². The molecule has 0 aliphatic carbocycles. The third kappa shape index (κ3) is 4.97. The lowest BCUT2D eigenvalue weighted by atomic mass is 10.3. The second kappa shape index (κ2) is 8.69. The van der Waals surface area contributed by atoms with E-state index in [9.17, 15) is 9.59 Å². The number of hydrogen-bond donors (Lipinski definition) is 2. The number of nitrogens with one attached hydrogen (secondary N) is 2. The molecule has 2 amide bonds. The highest BCUT2D eigenvalue weighted by Gasteiger charge is 2.16. The van der Waals surface area contributed by atoms with Crippen molar-refractivity contribution in [1.29, 1.82) is 0 Å². The number of benzene rings is 3.